The molecule has 2 aromatic rings. The number of aromatic nitrogens is 1. The molecule has 1 aromatic heterocycles. The van der Waals surface area contributed by atoms with Gasteiger partial charge in [-0.05, 0) is 24.3 Å². The second kappa shape index (κ2) is 6.19. The topological polar surface area (TPSA) is 42.4 Å². The molecule has 1 aromatic carbocycles. The van der Waals surface area contributed by atoms with Crippen LogP contribution in [0, 0.1) is 11.6 Å². The van der Waals surface area contributed by atoms with Gasteiger partial charge in [0.15, 0.2) is 11.6 Å². The van der Waals surface area contributed by atoms with Gasteiger partial charge in [-0.2, -0.15) is 0 Å². The number of hydrogen-bond donors (Lipinski definition) is 0. The molecule has 1 amide bonds. The number of benzene rings is 1. The van der Waals surface area contributed by atoms with Crippen molar-refractivity contribution >= 4 is 5.91 Å². The summed E-state index contributed by atoms with van der Waals surface area (Å²) in [6.45, 7) is 2.04. The van der Waals surface area contributed by atoms with Crippen molar-refractivity contribution < 1.29 is 18.3 Å². The van der Waals surface area contributed by atoms with E-state index in [2.05, 4.69) is 4.98 Å². The molecule has 4 nitrogen and oxygen atoms in total. The Morgan fingerprint density at radius 2 is 1.95 bits per heavy atom. The average Bonchev–Trinajstić information content (AvgIpc) is 2.57. The van der Waals surface area contributed by atoms with Crippen LogP contribution in [0.15, 0.2) is 36.5 Å². The molecule has 0 unspecified atom stereocenters. The molecule has 0 saturated carbocycles. The van der Waals surface area contributed by atoms with E-state index in [0.29, 0.717) is 31.9 Å². The number of rotatable bonds is 2. The molecule has 0 spiro atoms. The minimum absolute atomic E-state index is 0.0385. The van der Waals surface area contributed by atoms with Gasteiger partial charge in [-0.1, -0.05) is 6.07 Å². The van der Waals surface area contributed by atoms with Crippen LogP contribution in [0.2, 0.25) is 0 Å². The highest BCUT2D eigenvalue weighted by atomic mass is 19.2. The van der Waals surface area contributed by atoms with Crippen molar-refractivity contribution in [3.8, 4) is 11.3 Å². The number of ether oxygens (including phenoxy) is 1. The van der Waals surface area contributed by atoms with Gasteiger partial charge in [0.1, 0.15) is 0 Å². The maximum Gasteiger partial charge on any atom is 0.254 e. The summed E-state index contributed by atoms with van der Waals surface area (Å²) in [4.78, 5) is 18.1. The van der Waals surface area contributed by atoms with Crippen molar-refractivity contribution in [2.75, 3.05) is 26.3 Å². The summed E-state index contributed by atoms with van der Waals surface area (Å²) in [5.41, 5.74) is 0.670. The third kappa shape index (κ3) is 2.82. The first-order chi connectivity index (χ1) is 10.7. The predicted molar refractivity (Wildman–Crippen MR) is 76.3 cm³/mol. The van der Waals surface area contributed by atoms with Crippen LogP contribution in [0.25, 0.3) is 11.3 Å². The van der Waals surface area contributed by atoms with Gasteiger partial charge in [0.05, 0.1) is 18.9 Å². The van der Waals surface area contributed by atoms with Crippen molar-refractivity contribution in [2.45, 2.75) is 0 Å². The lowest BCUT2D eigenvalue weighted by molar-refractivity contribution is 0.0303. The van der Waals surface area contributed by atoms with E-state index in [0.717, 1.165) is 6.07 Å². The predicted octanol–water partition coefficient (Wildman–Crippen LogP) is 2.50. The van der Waals surface area contributed by atoms with Crippen LogP contribution in [-0.4, -0.2) is 42.1 Å². The SMILES string of the molecule is O=C(c1ccnc(-c2cccc(F)c2F)c1)N1CCOCC1. The van der Waals surface area contributed by atoms with Gasteiger partial charge in [0, 0.05) is 30.4 Å². The molecule has 1 aliphatic heterocycles. The van der Waals surface area contributed by atoms with E-state index in [1.165, 1.54) is 24.4 Å². The number of nitrogens with zero attached hydrogens (tertiary/aromatic N) is 2. The van der Waals surface area contributed by atoms with Crippen molar-refractivity contribution in [1.82, 2.24) is 9.88 Å². The molecule has 0 radical (unpaired) electrons. The fourth-order valence-electron chi connectivity index (χ4n) is 2.36. The Bertz CT molecular complexity index is 700. The normalized spacial score (nSPS) is 14.9. The highest BCUT2D eigenvalue weighted by molar-refractivity contribution is 5.95. The Morgan fingerprint density at radius 3 is 2.73 bits per heavy atom. The van der Waals surface area contributed by atoms with Crippen LogP contribution in [0.5, 0.6) is 0 Å². The third-order valence-corrected chi connectivity index (χ3v) is 3.53. The Kier molecular flexibility index (Phi) is 4.11. The minimum atomic E-state index is -0.967. The fourth-order valence-corrected chi connectivity index (χ4v) is 2.36. The lowest BCUT2D eigenvalue weighted by Gasteiger charge is -2.26. The Labute approximate surface area is 126 Å². The Morgan fingerprint density at radius 1 is 1.18 bits per heavy atom. The number of carbonyl (C=O) groups is 1. The van der Waals surface area contributed by atoms with Gasteiger partial charge >= 0.3 is 0 Å². The monoisotopic (exact) mass is 304 g/mol. The molecule has 0 bridgehead atoms. The number of halogens is 2. The van der Waals surface area contributed by atoms with Gasteiger partial charge in [-0.3, -0.25) is 9.78 Å². The molecular formula is C16H14F2N2O2. The average molecular weight is 304 g/mol. The quantitative estimate of drug-likeness (QED) is 0.856. The molecular weight excluding hydrogens is 290 g/mol. The Balaban J connectivity index is 1.92. The van der Waals surface area contributed by atoms with Crippen molar-refractivity contribution in [3.05, 3.63) is 53.7 Å². The molecule has 6 heteroatoms. The van der Waals surface area contributed by atoms with Crippen LogP contribution in [-0.2, 0) is 4.74 Å². The highest BCUT2D eigenvalue weighted by Gasteiger charge is 2.20. The number of carbonyl (C=O) groups excluding carboxylic acids is 1. The summed E-state index contributed by atoms with van der Waals surface area (Å²) < 4.78 is 32.4. The lowest BCUT2D eigenvalue weighted by atomic mass is 10.1. The summed E-state index contributed by atoms with van der Waals surface area (Å²) in [5, 5.41) is 0. The van der Waals surface area contributed by atoms with Crippen molar-refractivity contribution in [1.29, 1.82) is 0 Å². The molecule has 0 aliphatic carbocycles. The van der Waals surface area contributed by atoms with E-state index in [1.807, 2.05) is 0 Å². The van der Waals surface area contributed by atoms with Gasteiger partial charge in [-0.25, -0.2) is 8.78 Å². The van der Waals surface area contributed by atoms with E-state index >= 15 is 0 Å². The number of morpholine rings is 1. The van der Waals surface area contributed by atoms with Gasteiger partial charge in [0.2, 0.25) is 0 Å². The zero-order valence-electron chi connectivity index (χ0n) is 11.8. The molecule has 22 heavy (non-hydrogen) atoms. The van der Waals surface area contributed by atoms with Gasteiger partial charge in [-0.15, -0.1) is 0 Å². The molecule has 1 aliphatic rings. The summed E-state index contributed by atoms with van der Waals surface area (Å²) in [7, 11) is 0. The maximum atomic E-state index is 13.8. The van der Waals surface area contributed by atoms with E-state index < -0.39 is 11.6 Å². The van der Waals surface area contributed by atoms with E-state index in [9.17, 15) is 13.6 Å². The zero-order chi connectivity index (χ0) is 15.5. The van der Waals surface area contributed by atoms with Gasteiger partial charge in [0.25, 0.3) is 5.91 Å². The first-order valence-corrected chi connectivity index (χ1v) is 6.94. The molecule has 3 rings (SSSR count). The summed E-state index contributed by atoms with van der Waals surface area (Å²) in [5.74, 6) is -2.07. The lowest BCUT2D eigenvalue weighted by Crippen LogP contribution is -2.40. The standard InChI is InChI=1S/C16H14F2N2O2/c17-13-3-1-2-12(15(13)18)14-10-11(4-5-19-14)16(21)20-6-8-22-9-7-20/h1-5,10H,6-9H2. The van der Waals surface area contributed by atoms with Crippen LogP contribution in [0.1, 0.15) is 10.4 Å². The van der Waals surface area contributed by atoms with Crippen LogP contribution >= 0.6 is 0 Å². The summed E-state index contributed by atoms with van der Waals surface area (Å²) in [6.07, 6.45) is 1.42. The maximum absolute atomic E-state index is 13.8. The van der Waals surface area contributed by atoms with Crippen molar-refractivity contribution in [2.24, 2.45) is 0 Å². The summed E-state index contributed by atoms with van der Waals surface area (Å²) >= 11 is 0. The smallest absolute Gasteiger partial charge is 0.254 e. The largest absolute Gasteiger partial charge is 0.378 e. The van der Waals surface area contributed by atoms with Crippen LogP contribution in [0.4, 0.5) is 8.78 Å². The molecule has 2 heterocycles. The second-order valence-corrected chi connectivity index (χ2v) is 4.94. The molecule has 1 fully saturated rings. The van der Waals surface area contributed by atoms with Gasteiger partial charge < -0.3 is 9.64 Å². The van der Waals surface area contributed by atoms with Crippen LogP contribution in [0.3, 0.4) is 0 Å². The second-order valence-electron chi connectivity index (χ2n) is 4.94. The van der Waals surface area contributed by atoms with Crippen molar-refractivity contribution in [3.63, 3.8) is 0 Å². The summed E-state index contributed by atoms with van der Waals surface area (Å²) in [6, 6.07) is 6.94. The first-order valence-electron chi connectivity index (χ1n) is 6.94. The first kappa shape index (κ1) is 14.6. The molecule has 0 N–H and O–H groups in total. The minimum Gasteiger partial charge on any atom is -0.378 e. The van der Waals surface area contributed by atoms with E-state index in [4.69, 9.17) is 4.74 Å². The molecule has 114 valence electrons. The third-order valence-electron chi connectivity index (χ3n) is 3.53. The Hall–Kier alpha value is -2.34. The van der Waals surface area contributed by atoms with E-state index in [1.54, 1.807) is 11.0 Å². The molecule has 0 atom stereocenters. The fraction of sp³-hybridized carbons (Fsp3) is 0.250. The number of pyridine rings is 1. The number of amides is 1. The zero-order valence-corrected chi connectivity index (χ0v) is 11.8. The van der Waals surface area contributed by atoms with E-state index in [-0.39, 0.29) is 17.2 Å². The molecule has 1 saturated heterocycles. The number of hydrogen-bond acceptors (Lipinski definition) is 3. The van der Waals surface area contributed by atoms with Crippen LogP contribution < -0.4 is 0 Å². The highest BCUT2D eigenvalue weighted by Crippen LogP contribution is 2.23.